The van der Waals surface area contributed by atoms with Crippen molar-refractivity contribution < 1.29 is 4.74 Å². The van der Waals surface area contributed by atoms with Crippen molar-refractivity contribution >= 4 is 0 Å². The third-order valence-corrected chi connectivity index (χ3v) is 8.00. The second-order valence-corrected chi connectivity index (χ2v) is 10.8. The zero-order valence-corrected chi connectivity index (χ0v) is 23.4. The first kappa shape index (κ1) is 27.4. The Morgan fingerprint density at radius 3 is 2.49 bits per heavy atom. The quantitative estimate of drug-likeness (QED) is 0.221. The van der Waals surface area contributed by atoms with Gasteiger partial charge >= 0.3 is 0 Å². The van der Waals surface area contributed by atoms with Gasteiger partial charge in [-0.2, -0.15) is 0 Å². The predicted molar refractivity (Wildman–Crippen MR) is 155 cm³/mol. The highest BCUT2D eigenvalue weighted by molar-refractivity contribution is 5.56. The summed E-state index contributed by atoms with van der Waals surface area (Å²) < 4.78 is 8.12. The molecule has 0 spiro atoms. The van der Waals surface area contributed by atoms with Crippen molar-refractivity contribution in [1.82, 2.24) is 14.5 Å². The zero-order valence-electron chi connectivity index (χ0n) is 23.4. The first-order valence-corrected chi connectivity index (χ1v) is 14.7. The SMILES string of the molecule is CCCCC(c1cnc(-c2ccccc2)n1CCCC)N(Cc1cccc(OC)c1)CC1CCCCC1. The molecule has 4 nitrogen and oxygen atoms in total. The van der Waals surface area contributed by atoms with Crippen LogP contribution in [0.2, 0.25) is 0 Å². The molecule has 3 aromatic rings. The largest absolute Gasteiger partial charge is 0.497 e. The smallest absolute Gasteiger partial charge is 0.140 e. The average molecular weight is 502 g/mol. The van der Waals surface area contributed by atoms with E-state index in [1.54, 1.807) is 7.11 Å². The van der Waals surface area contributed by atoms with Crippen molar-refractivity contribution in [3.63, 3.8) is 0 Å². The van der Waals surface area contributed by atoms with Gasteiger partial charge in [0.2, 0.25) is 0 Å². The van der Waals surface area contributed by atoms with Crippen LogP contribution in [0.3, 0.4) is 0 Å². The molecule has 1 fully saturated rings. The first-order chi connectivity index (χ1) is 18.2. The fourth-order valence-corrected chi connectivity index (χ4v) is 5.95. The van der Waals surface area contributed by atoms with Crippen molar-refractivity contribution in [2.45, 2.75) is 97.2 Å². The Hall–Kier alpha value is -2.59. The van der Waals surface area contributed by atoms with E-state index in [1.807, 2.05) is 0 Å². The summed E-state index contributed by atoms with van der Waals surface area (Å²) in [7, 11) is 1.76. The number of benzene rings is 2. The van der Waals surface area contributed by atoms with Gasteiger partial charge in [-0.15, -0.1) is 0 Å². The molecule has 0 aliphatic heterocycles. The van der Waals surface area contributed by atoms with Crippen LogP contribution in [0.25, 0.3) is 11.4 Å². The zero-order chi connectivity index (χ0) is 25.9. The van der Waals surface area contributed by atoms with Gasteiger partial charge in [-0.05, 0) is 49.3 Å². The lowest BCUT2D eigenvalue weighted by atomic mass is 9.88. The van der Waals surface area contributed by atoms with Crippen molar-refractivity contribution in [2.75, 3.05) is 13.7 Å². The Kier molecular flexibility index (Phi) is 10.7. The van der Waals surface area contributed by atoms with Crippen LogP contribution >= 0.6 is 0 Å². The van der Waals surface area contributed by atoms with Crippen LogP contribution in [0, 0.1) is 5.92 Å². The fraction of sp³-hybridized carbons (Fsp3) is 0.545. The molecule has 200 valence electrons. The molecule has 0 saturated heterocycles. The van der Waals surface area contributed by atoms with E-state index >= 15 is 0 Å². The van der Waals surface area contributed by atoms with E-state index in [1.165, 1.54) is 81.0 Å². The van der Waals surface area contributed by atoms with E-state index < -0.39 is 0 Å². The molecule has 1 saturated carbocycles. The Morgan fingerprint density at radius 1 is 0.973 bits per heavy atom. The van der Waals surface area contributed by atoms with Gasteiger partial charge in [-0.1, -0.05) is 94.8 Å². The van der Waals surface area contributed by atoms with Gasteiger partial charge in [-0.3, -0.25) is 4.90 Å². The summed E-state index contributed by atoms with van der Waals surface area (Å²) in [5, 5.41) is 0. The minimum absolute atomic E-state index is 0.356. The maximum Gasteiger partial charge on any atom is 0.140 e. The highest BCUT2D eigenvalue weighted by Crippen LogP contribution is 2.35. The summed E-state index contributed by atoms with van der Waals surface area (Å²) in [5.74, 6) is 2.84. The van der Waals surface area contributed by atoms with Crippen LogP contribution in [0.1, 0.15) is 95.4 Å². The normalized spacial score (nSPS) is 15.2. The van der Waals surface area contributed by atoms with Gasteiger partial charge in [0, 0.05) is 25.2 Å². The van der Waals surface area contributed by atoms with E-state index in [4.69, 9.17) is 9.72 Å². The number of unbranched alkanes of at least 4 members (excludes halogenated alkanes) is 2. The number of imidazole rings is 1. The standard InChI is InChI=1S/C33H47N3O/c1-4-6-21-31(32-24-34-33(36(32)22-7-5-2)29-18-12-9-13-19-29)35(25-27-15-10-8-11-16-27)26-28-17-14-20-30(23-28)37-3/h9,12-14,17-20,23-24,27,31H,4-8,10-11,15-16,21-22,25-26H2,1-3H3. The lowest BCUT2D eigenvalue weighted by Crippen LogP contribution is -2.35. The molecular weight excluding hydrogens is 454 g/mol. The second-order valence-electron chi connectivity index (χ2n) is 10.8. The Labute approximate surface area is 225 Å². The Balaban J connectivity index is 1.73. The van der Waals surface area contributed by atoms with Gasteiger partial charge in [0.1, 0.15) is 11.6 Å². The third kappa shape index (κ3) is 7.47. The number of hydrogen-bond acceptors (Lipinski definition) is 3. The van der Waals surface area contributed by atoms with Crippen molar-refractivity contribution in [3.05, 3.63) is 72.1 Å². The minimum atomic E-state index is 0.356. The molecule has 1 aliphatic carbocycles. The Bertz CT molecular complexity index is 1050. The maximum atomic E-state index is 5.58. The van der Waals surface area contributed by atoms with Gasteiger partial charge in [0.15, 0.2) is 0 Å². The average Bonchev–Trinajstić information content (AvgIpc) is 3.36. The molecule has 1 aromatic heterocycles. The molecule has 0 N–H and O–H groups in total. The molecule has 0 amide bonds. The molecule has 4 heteroatoms. The molecule has 1 unspecified atom stereocenters. The summed E-state index contributed by atoms with van der Waals surface area (Å²) in [6.07, 6.45) is 15.0. The van der Waals surface area contributed by atoms with Gasteiger partial charge in [-0.25, -0.2) is 4.98 Å². The predicted octanol–water partition coefficient (Wildman–Crippen LogP) is 8.67. The Morgan fingerprint density at radius 2 is 1.76 bits per heavy atom. The van der Waals surface area contributed by atoms with E-state index in [2.05, 4.69) is 84.1 Å². The molecule has 4 rings (SSSR count). The number of hydrogen-bond donors (Lipinski definition) is 0. The monoisotopic (exact) mass is 501 g/mol. The van der Waals surface area contributed by atoms with Gasteiger partial charge in [0.05, 0.1) is 25.0 Å². The minimum Gasteiger partial charge on any atom is -0.497 e. The fourth-order valence-electron chi connectivity index (χ4n) is 5.95. The molecule has 1 atom stereocenters. The van der Waals surface area contributed by atoms with E-state index in [0.717, 1.165) is 37.1 Å². The molecular formula is C33H47N3O. The van der Waals surface area contributed by atoms with E-state index in [-0.39, 0.29) is 0 Å². The summed E-state index contributed by atoms with van der Waals surface area (Å²) in [5.41, 5.74) is 3.93. The van der Waals surface area contributed by atoms with Crippen molar-refractivity contribution in [3.8, 4) is 17.1 Å². The lowest BCUT2D eigenvalue weighted by molar-refractivity contribution is 0.127. The number of ether oxygens (including phenoxy) is 1. The third-order valence-electron chi connectivity index (χ3n) is 8.00. The molecule has 37 heavy (non-hydrogen) atoms. The molecule has 0 radical (unpaired) electrons. The number of rotatable bonds is 14. The van der Waals surface area contributed by atoms with E-state index in [9.17, 15) is 0 Å². The van der Waals surface area contributed by atoms with Crippen LogP contribution in [0.5, 0.6) is 5.75 Å². The summed E-state index contributed by atoms with van der Waals surface area (Å²) in [4.78, 5) is 7.83. The van der Waals surface area contributed by atoms with Crippen LogP contribution < -0.4 is 4.74 Å². The highest BCUT2D eigenvalue weighted by atomic mass is 16.5. The van der Waals surface area contributed by atoms with Crippen LogP contribution in [-0.4, -0.2) is 28.1 Å². The topological polar surface area (TPSA) is 30.3 Å². The summed E-state index contributed by atoms with van der Waals surface area (Å²) in [6, 6.07) is 19.8. The maximum absolute atomic E-state index is 5.58. The molecule has 2 aromatic carbocycles. The molecule has 0 bridgehead atoms. The first-order valence-electron chi connectivity index (χ1n) is 14.7. The van der Waals surface area contributed by atoms with E-state index in [0.29, 0.717) is 6.04 Å². The number of methoxy groups -OCH3 is 1. The van der Waals surface area contributed by atoms with Crippen LogP contribution in [0.4, 0.5) is 0 Å². The molecule has 1 aliphatic rings. The van der Waals surface area contributed by atoms with Crippen LogP contribution in [0.15, 0.2) is 60.8 Å². The molecule has 1 heterocycles. The number of aromatic nitrogens is 2. The summed E-state index contributed by atoms with van der Waals surface area (Å²) in [6.45, 7) is 7.72. The van der Waals surface area contributed by atoms with Gasteiger partial charge in [0.25, 0.3) is 0 Å². The second kappa shape index (κ2) is 14.4. The number of nitrogens with zero attached hydrogens (tertiary/aromatic N) is 3. The van der Waals surface area contributed by atoms with Crippen LogP contribution in [-0.2, 0) is 13.1 Å². The van der Waals surface area contributed by atoms with Gasteiger partial charge < -0.3 is 9.30 Å². The highest BCUT2D eigenvalue weighted by Gasteiger charge is 2.28. The van der Waals surface area contributed by atoms with Crippen molar-refractivity contribution in [1.29, 1.82) is 0 Å². The van der Waals surface area contributed by atoms with Crippen molar-refractivity contribution in [2.24, 2.45) is 5.92 Å². The summed E-state index contributed by atoms with van der Waals surface area (Å²) >= 11 is 0. The lowest BCUT2D eigenvalue weighted by Gasteiger charge is -2.36.